The maximum atomic E-state index is 13.5. The van der Waals surface area contributed by atoms with Crippen LogP contribution in [0.2, 0.25) is 0 Å². The molecule has 1 amide bonds. The predicted molar refractivity (Wildman–Crippen MR) is 191 cm³/mol. The highest BCUT2D eigenvalue weighted by atomic mass is 35.5. The van der Waals surface area contributed by atoms with Crippen molar-refractivity contribution in [1.29, 1.82) is 0 Å². The number of fused-ring (bicyclic) bond motifs is 1. The van der Waals surface area contributed by atoms with Gasteiger partial charge in [0.05, 0.1) is 18.8 Å². The fourth-order valence-corrected chi connectivity index (χ4v) is 7.60. The molecule has 3 aromatic rings. The van der Waals surface area contributed by atoms with Gasteiger partial charge in [-0.3, -0.25) is 14.6 Å². The van der Waals surface area contributed by atoms with Crippen molar-refractivity contribution in [2.45, 2.75) is 82.2 Å². The zero-order valence-corrected chi connectivity index (χ0v) is 29.8. The summed E-state index contributed by atoms with van der Waals surface area (Å²) in [5.74, 6) is 2.75. The molecule has 48 heavy (non-hydrogen) atoms. The van der Waals surface area contributed by atoms with E-state index in [-0.39, 0.29) is 60.9 Å². The molecule has 4 fully saturated rings. The van der Waals surface area contributed by atoms with Gasteiger partial charge >= 0.3 is 0 Å². The highest BCUT2D eigenvalue weighted by Gasteiger charge is 2.44. The molecule has 4 heterocycles. The van der Waals surface area contributed by atoms with E-state index in [4.69, 9.17) is 24.2 Å². The van der Waals surface area contributed by atoms with Crippen LogP contribution in [-0.2, 0) is 16.1 Å². The highest BCUT2D eigenvalue weighted by Crippen LogP contribution is 2.42. The SMILES string of the molecule is COc1nc(C2CC2)nc(OC(C)C)c1CN1CC(C(c2ccccc2)c2ccccc2)N2CCN(C(=O)[C@@H]3CCCO3)C[C@H]2C1.Cl.Cl. The molecule has 2 aromatic carbocycles. The third-order valence-electron chi connectivity index (χ3n) is 9.90. The number of halogens is 2. The van der Waals surface area contributed by atoms with Crippen molar-refractivity contribution in [2.24, 2.45) is 0 Å². The third-order valence-corrected chi connectivity index (χ3v) is 9.90. The average molecular weight is 699 g/mol. The topological polar surface area (TPSA) is 80.3 Å². The second kappa shape index (κ2) is 16.2. The molecular formula is C37H49Cl2N5O4. The van der Waals surface area contributed by atoms with Gasteiger partial charge in [0.25, 0.3) is 5.91 Å². The Morgan fingerprint density at radius 2 is 1.56 bits per heavy atom. The Kier molecular flexibility index (Phi) is 12.2. The molecule has 3 atom stereocenters. The summed E-state index contributed by atoms with van der Waals surface area (Å²) in [6.07, 6.45) is 3.66. The number of hydrogen-bond donors (Lipinski definition) is 0. The van der Waals surface area contributed by atoms with E-state index in [2.05, 4.69) is 75.4 Å². The van der Waals surface area contributed by atoms with E-state index >= 15 is 0 Å². The maximum absolute atomic E-state index is 13.5. The van der Waals surface area contributed by atoms with Crippen LogP contribution < -0.4 is 9.47 Å². The number of methoxy groups -OCH3 is 1. The van der Waals surface area contributed by atoms with E-state index < -0.39 is 0 Å². The number of hydrogen-bond acceptors (Lipinski definition) is 8. The standard InChI is InChI=1S/C37H47N5O4.2ClH/c1-25(2)46-36-30(35(44-3)38-34(39-36)28-16-17-28)23-40-21-29-22-41(37(43)32-15-10-20-45-32)18-19-42(29)31(24-40)33(26-11-6-4-7-12-26)27-13-8-5-9-14-27;;/h4-9,11-14,25,28-29,31-33H,10,15-24H2,1-3H3;2*1H/t29-,31?,32+;;/m1../s1. The largest absolute Gasteiger partial charge is 0.481 e. The van der Waals surface area contributed by atoms with Crippen LogP contribution in [0.1, 0.15) is 73.9 Å². The number of amides is 1. The van der Waals surface area contributed by atoms with Crippen LogP contribution in [0.4, 0.5) is 0 Å². The van der Waals surface area contributed by atoms with E-state index in [1.165, 1.54) is 11.1 Å². The zero-order chi connectivity index (χ0) is 31.6. The molecule has 0 spiro atoms. The Morgan fingerprint density at radius 3 is 2.15 bits per heavy atom. The summed E-state index contributed by atoms with van der Waals surface area (Å²) >= 11 is 0. The van der Waals surface area contributed by atoms with E-state index in [1.807, 2.05) is 13.8 Å². The summed E-state index contributed by atoms with van der Waals surface area (Å²) in [4.78, 5) is 30.6. The number of carbonyl (C=O) groups excluding carboxylic acids is 1. The van der Waals surface area contributed by atoms with Crippen molar-refractivity contribution in [3.8, 4) is 11.8 Å². The molecule has 7 rings (SSSR count). The molecule has 1 unspecified atom stereocenters. The van der Waals surface area contributed by atoms with Crippen molar-refractivity contribution in [3.05, 3.63) is 83.2 Å². The number of aromatic nitrogens is 2. The summed E-state index contributed by atoms with van der Waals surface area (Å²) < 4.78 is 18.1. The quantitative estimate of drug-likeness (QED) is 0.267. The van der Waals surface area contributed by atoms with Gasteiger partial charge in [0.1, 0.15) is 11.9 Å². The maximum Gasteiger partial charge on any atom is 0.251 e. The second-order valence-corrected chi connectivity index (χ2v) is 13.6. The summed E-state index contributed by atoms with van der Waals surface area (Å²) in [7, 11) is 1.69. The highest BCUT2D eigenvalue weighted by molar-refractivity contribution is 5.85. The predicted octanol–water partition coefficient (Wildman–Crippen LogP) is 5.70. The number of nitrogens with zero attached hydrogens (tertiary/aromatic N) is 5. The van der Waals surface area contributed by atoms with Gasteiger partial charge in [0, 0.05) is 69.8 Å². The van der Waals surface area contributed by atoms with Crippen LogP contribution in [-0.4, -0.2) is 101 Å². The monoisotopic (exact) mass is 697 g/mol. The molecule has 3 saturated heterocycles. The zero-order valence-electron chi connectivity index (χ0n) is 28.2. The lowest BCUT2D eigenvalue weighted by Crippen LogP contribution is -2.67. The molecule has 1 aliphatic carbocycles. The Hall–Kier alpha value is -2.95. The number of benzene rings is 2. The molecular weight excluding hydrogens is 649 g/mol. The van der Waals surface area contributed by atoms with E-state index in [0.717, 1.165) is 63.3 Å². The molecule has 11 heteroatoms. The van der Waals surface area contributed by atoms with Crippen LogP contribution in [0.25, 0.3) is 0 Å². The fraction of sp³-hybridized carbons (Fsp3) is 0.541. The lowest BCUT2D eigenvalue weighted by Gasteiger charge is -2.53. The Balaban J connectivity index is 0.00000225. The molecule has 1 aromatic heterocycles. The number of rotatable bonds is 10. The van der Waals surface area contributed by atoms with E-state index in [0.29, 0.717) is 37.4 Å². The van der Waals surface area contributed by atoms with Gasteiger partial charge in [-0.25, -0.2) is 0 Å². The van der Waals surface area contributed by atoms with Gasteiger partial charge in [-0.2, -0.15) is 9.97 Å². The molecule has 9 nitrogen and oxygen atoms in total. The van der Waals surface area contributed by atoms with Crippen LogP contribution in [0, 0.1) is 0 Å². The van der Waals surface area contributed by atoms with Gasteiger partial charge in [0.15, 0.2) is 0 Å². The first-order valence-corrected chi connectivity index (χ1v) is 17.1. The van der Waals surface area contributed by atoms with Crippen LogP contribution in [0.5, 0.6) is 11.8 Å². The molecule has 3 aliphatic heterocycles. The first-order chi connectivity index (χ1) is 22.5. The van der Waals surface area contributed by atoms with Gasteiger partial charge < -0.3 is 19.1 Å². The summed E-state index contributed by atoms with van der Waals surface area (Å²) in [5.41, 5.74) is 3.50. The van der Waals surface area contributed by atoms with Crippen molar-refractivity contribution in [3.63, 3.8) is 0 Å². The average Bonchev–Trinajstić information content (AvgIpc) is 3.79. The van der Waals surface area contributed by atoms with E-state index in [1.54, 1.807) is 7.11 Å². The lowest BCUT2D eigenvalue weighted by atomic mass is 9.81. The molecule has 260 valence electrons. The Morgan fingerprint density at radius 1 is 0.896 bits per heavy atom. The fourth-order valence-electron chi connectivity index (χ4n) is 7.60. The normalized spacial score (nSPS) is 22.9. The van der Waals surface area contributed by atoms with Crippen molar-refractivity contribution >= 4 is 30.7 Å². The van der Waals surface area contributed by atoms with Gasteiger partial charge in [-0.05, 0) is 50.7 Å². The first kappa shape index (κ1) is 36.3. The Bertz CT molecular complexity index is 1450. The molecule has 0 N–H and O–H groups in total. The van der Waals surface area contributed by atoms with Crippen LogP contribution >= 0.6 is 24.8 Å². The molecule has 0 bridgehead atoms. The van der Waals surface area contributed by atoms with Crippen LogP contribution in [0.15, 0.2) is 60.7 Å². The molecule has 0 radical (unpaired) electrons. The van der Waals surface area contributed by atoms with Gasteiger partial charge in [-0.15, -0.1) is 24.8 Å². The minimum absolute atomic E-state index is 0. The first-order valence-electron chi connectivity index (χ1n) is 17.1. The summed E-state index contributed by atoms with van der Waals surface area (Å²) in [6.45, 7) is 9.26. The molecule has 4 aliphatic rings. The van der Waals surface area contributed by atoms with Gasteiger partial charge in [0.2, 0.25) is 11.8 Å². The lowest BCUT2D eigenvalue weighted by molar-refractivity contribution is -0.146. The number of piperazine rings is 2. The number of carbonyl (C=O) groups is 1. The van der Waals surface area contributed by atoms with Crippen molar-refractivity contribution < 1.29 is 19.0 Å². The smallest absolute Gasteiger partial charge is 0.251 e. The minimum atomic E-state index is -0.300. The van der Waals surface area contributed by atoms with Gasteiger partial charge in [-0.1, -0.05) is 60.7 Å². The van der Waals surface area contributed by atoms with Crippen LogP contribution in [0.3, 0.4) is 0 Å². The second-order valence-electron chi connectivity index (χ2n) is 13.6. The number of ether oxygens (including phenoxy) is 3. The summed E-state index contributed by atoms with van der Waals surface area (Å²) in [5, 5.41) is 0. The Labute approximate surface area is 297 Å². The van der Waals surface area contributed by atoms with E-state index in [9.17, 15) is 4.79 Å². The molecule has 1 saturated carbocycles. The third kappa shape index (κ3) is 7.92. The van der Waals surface area contributed by atoms with Crippen molar-refractivity contribution in [1.82, 2.24) is 24.7 Å². The minimum Gasteiger partial charge on any atom is -0.481 e. The van der Waals surface area contributed by atoms with Crippen molar-refractivity contribution in [2.75, 3.05) is 46.4 Å². The summed E-state index contributed by atoms with van der Waals surface area (Å²) in [6, 6.07) is 22.1.